The van der Waals surface area contributed by atoms with Gasteiger partial charge in [0.1, 0.15) is 11.4 Å². The molecule has 1 unspecified atom stereocenters. The minimum atomic E-state index is -0.212. The van der Waals surface area contributed by atoms with Crippen molar-refractivity contribution in [2.45, 2.75) is 33.5 Å². The van der Waals surface area contributed by atoms with E-state index >= 15 is 0 Å². The standard InChI is InChI=1S/C18H20N4O2S/c1-12-17(25-14(3)19-12)13(2)20-18(23)16-9-10-22(21-16)11-24-15-7-5-4-6-8-15/h4-10,13H,11H2,1-3H3,(H,20,23). The van der Waals surface area contributed by atoms with Crippen molar-refractivity contribution in [3.63, 3.8) is 0 Å². The van der Waals surface area contributed by atoms with Crippen LogP contribution in [-0.4, -0.2) is 20.7 Å². The number of aromatic nitrogens is 3. The summed E-state index contributed by atoms with van der Waals surface area (Å²) in [5.74, 6) is 0.546. The Morgan fingerprint density at radius 1 is 1.28 bits per heavy atom. The predicted octanol–water partition coefficient (Wildman–Crippen LogP) is 3.48. The molecule has 0 spiro atoms. The molecule has 2 aromatic heterocycles. The second-order valence-electron chi connectivity index (χ2n) is 5.70. The van der Waals surface area contributed by atoms with Gasteiger partial charge in [0.05, 0.1) is 16.7 Å². The van der Waals surface area contributed by atoms with Crippen LogP contribution in [-0.2, 0) is 6.73 Å². The van der Waals surface area contributed by atoms with E-state index in [2.05, 4.69) is 15.4 Å². The van der Waals surface area contributed by atoms with E-state index in [1.54, 1.807) is 28.3 Å². The maximum absolute atomic E-state index is 12.4. The van der Waals surface area contributed by atoms with Gasteiger partial charge in [-0.05, 0) is 39.0 Å². The van der Waals surface area contributed by atoms with E-state index in [9.17, 15) is 4.79 Å². The summed E-state index contributed by atoms with van der Waals surface area (Å²) >= 11 is 1.60. The second-order valence-corrected chi connectivity index (χ2v) is 6.94. The highest BCUT2D eigenvalue weighted by molar-refractivity contribution is 7.11. The molecule has 0 fully saturated rings. The second kappa shape index (κ2) is 7.48. The summed E-state index contributed by atoms with van der Waals surface area (Å²) in [4.78, 5) is 17.9. The fourth-order valence-electron chi connectivity index (χ4n) is 2.50. The first-order chi connectivity index (χ1) is 12.0. The molecule has 0 bridgehead atoms. The molecular weight excluding hydrogens is 336 g/mol. The molecule has 1 N–H and O–H groups in total. The van der Waals surface area contributed by atoms with Gasteiger partial charge in [-0.25, -0.2) is 9.67 Å². The average molecular weight is 356 g/mol. The first kappa shape index (κ1) is 17.2. The number of carbonyl (C=O) groups is 1. The maximum atomic E-state index is 12.4. The van der Waals surface area contributed by atoms with E-state index in [1.807, 2.05) is 51.1 Å². The first-order valence-corrected chi connectivity index (χ1v) is 8.80. The molecule has 0 aliphatic carbocycles. The Morgan fingerprint density at radius 2 is 2.04 bits per heavy atom. The molecule has 130 valence electrons. The largest absolute Gasteiger partial charge is 0.471 e. The zero-order valence-corrected chi connectivity index (χ0v) is 15.2. The van der Waals surface area contributed by atoms with Gasteiger partial charge in [-0.3, -0.25) is 4.79 Å². The van der Waals surface area contributed by atoms with Crippen molar-refractivity contribution in [2.75, 3.05) is 0 Å². The Labute approximate surface area is 150 Å². The van der Waals surface area contributed by atoms with Crippen LogP contribution in [0, 0.1) is 13.8 Å². The van der Waals surface area contributed by atoms with Crippen LogP contribution in [0.5, 0.6) is 5.75 Å². The molecule has 1 atom stereocenters. The van der Waals surface area contributed by atoms with Crippen molar-refractivity contribution in [3.8, 4) is 5.75 Å². The van der Waals surface area contributed by atoms with Gasteiger partial charge in [0.2, 0.25) is 0 Å². The summed E-state index contributed by atoms with van der Waals surface area (Å²) in [5, 5.41) is 8.23. The quantitative estimate of drug-likeness (QED) is 0.734. The van der Waals surface area contributed by atoms with Gasteiger partial charge in [-0.1, -0.05) is 18.2 Å². The van der Waals surface area contributed by atoms with E-state index in [0.717, 1.165) is 21.3 Å². The molecular formula is C18H20N4O2S. The molecule has 3 rings (SSSR count). The lowest BCUT2D eigenvalue weighted by Gasteiger charge is -2.11. The van der Waals surface area contributed by atoms with Gasteiger partial charge >= 0.3 is 0 Å². The lowest BCUT2D eigenvalue weighted by atomic mass is 10.2. The summed E-state index contributed by atoms with van der Waals surface area (Å²) in [6, 6.07) is 11.1. The van der Waals surface area contributed by atoms with E-state index in [4.69, 9.17) is 4.74 Å². The lowest BCUT2D eigenvalue weighted by Crippen LogP contribution is -2.27. The Kier molecular flexibility index (Phi) is 5.14. The topological polar surface area (TPSA) is 69.0 Å². The number of amides is 1. The maximum Gasteiger partial charge on any atom is 0.272 e. The van der Waals surface area contributed by atoms with Gasteiger partial charge in [0, 0.05) is 11.1 Å². The van der Waals surface area contributed by atoms with Crippen molar-refractivity contribution in [1.29, 1.82) is 0 Å². The third kappa shape index (κ3) is 4.24. The summed E-state index contributed by atoms with van der Waals surface area (Å²) in [7, 11) is 0. The number of aryl methyl sites for hydroxylation is 2. The average Bonchev–Trinajstić information content (AvgIpc) is 3.20. The molecule has 25 heavy (non-hydrogen) atoms. The van der Waals surface area contributed by atoms with Crippen LogP contribution in [0.4, 0.5) is 0 Å². The number of carbonyl (C=O) groups excluding carboxylic acids is 1. The van der Waals surface area contributed by atoms with Gasteiger partial charge in [0.15, 0.2) is 6.73 Å². The van der Waals surface area contributed by atoms with E-state index in [0.29, 0.717) is 5.69 Å². The van der Waals surface area contributed by atoms with Crippen LogP contribution in [0.15, 0.2) is 42.6 Å². The number of ether oxygens (including phenoxy) is 1. The van der Waals surface area contributed by atoms with E-state index in [1.165, 1.54) is 0 Å². The van der Waals surface area contributed by atoms with Crippen molar-refractivity contribution >= 4 is 17.2 Å². The third-order valence-electron chi connectivity index (χ3n) is 3.66. The SMILES string of the molecule is Cc1nc(C)c(C(C)NC(=O)c2ccn(COc3ccccc3)n2)s1. The molecule has 0 aliphatic rings. The molecule has 0 saturated heterocycles. The van der Waals surface area contributed by atoms with Gasteiger partial charge in [-0.2, -0.15) is 5.10 Å². The van der Waals surface area contributed by atoms with Gasteiger partial charge < -0.3 is 10.1 Å². The monoisotopic (exact) mass is 356 g/mol. The lowest BCUT2D eigenvalue weighted by molar-refractivity contribution is 0.0933. The number of hydrogen-bond acceptors (Lipinski definition) is 5. The smallest absolute Gasteiger partial charge is 0.272 e. The Bertz CT molecular complexity index is 857. The minimum absolute atomic E-state index is 0.107. The number of nitrogens with one attached hydrogen (secondary N) is 1. The fourth-order valence-corrected chi connectivity index (χ4v) is 3.43. The molecule has 6 nitrogen and oxygen atoms in total. The zero-order chi connectivity index (χ0) is 17.8. The number of benzene rings is 1. The predicted molar refractivity (Wildman–Crippen MR) is 96.8 cm³/mol. The molecule has 7 heteroatoms. The van der Waals surface area contributed by atoms with Crippen LogP contribution in [0.25, 0.3) is 0 Å². The summed E-state index contributed by atoms with van der Waals surface area (Å²) in [6.45, 7) is 6.12. The number of para-hydroxylation sites is 1. The van der Waals surface area contributed by atoms with E-state index in [-0.39, 0.29) is 18.7 Å². The molecule has 1 amide bonds. The Morgan fingerprint density at radius 3 is 2.72 bits per heavy atom. The molecule has 0 saturated carbocycles. The van der Waals surface area contributed by atoms with Crippen LogP contribution in [0.2, 0.25) is 0 Å². The molecule has 2 heterocycles. The summed E-state index contributed by atoms with van der Waals surface area (Å²) in [6.07, 6.45) is 1.73. The van der Waals surface area contributed by atoms with Crippen molar-refractivity contribution < 1.29 is 9.53 Å². The highest BCUT2D eigenvalue weighted by Crippen LogP contribution is 2.24. The molecule has 1 aromatic carbocycles. The van der Waals surface area contributed by atoms with Crippen LogP contribution >= 0.6 is 11.3 Å². The van der Waals surface area contributed by atoms with Crippen molar-refractivity contribution in [2.24, 2.45) is 0 Å². The fraction of sp³-hybridized carbons (Fsp3) is 0.278. The third-order valence-corrected chi connectivity index (χ3v) is 4.92. The molecule has 0 radical (unpaired) electrons. The van der Waals surface area contributed by atoms with E-state index < -0.39 is 0 Å². The molecule has 0 aliphatic heterocycles. The molecule has 3 aromatic rings. The van der Waals surface area contributed by atoms with Crippen LogP contribution in [0.3, 0.4) is 0 Å². The minimum Gasteiger partial charge on any atom is -0.471 e. The zero-order valence-electron chi connectivity index (χ0n) is 14.4. The van der Waals surface area contributed by atoms with Crippen molar-refractivity contribution in [1.82, 2.24) is 20.1 Å². The number of rotatable bonds is 6. The number of thiazole rings is 1. The normalized spacial score (nSPS) is 12.0. The summed E-state index contributed by atoms with van der Waals surface area (Å²) < 4.78 is 7.21. The highest BCUT2D eigenvalue weighted by atomic mass is 32.1. The first-order valence-electron chi connectivity index (χ1n) is 7.99. The Hall–Kier alpha value is -2.67. The van der Waals surface area contributed by atoms with Crippen molar-refractivity contribution in [3.05, 3.63) is 63.9 Å². The van der Waals surface area contributed by atoms with Crippen LogP contribution in [0.1, 0.15) is 39.0 Å². The van der Waals surface area contributed by atoms with Crippen LogP contribution < -0.4 is 10.1 Å². The highest BCUT2D eigenvalue weighted by Gasteiger charge is 2.17. The van der Waals surface area contributed by atoms with Gasteiger partial charge in [0.25, 0.3) is 5.91 Å². The number of nitrogens with zero attached hydrogens (tertiary/aromatic N) is 3. The Balaban J connectivity index is 1.59. The number of hydrogen-bond donors (Lipinski definition) is 1. The van der Waals surface area contributed by atoms with Gasteiger partial charge in [-0.15, -0.1) is 11.3 Å². The summed E-state index contributed by atoms with van der Waals surface area (Å²) in [5.41, 5.74) is 1.32.